The monoisotopic (exact) mass is 292 g/mol. The molecule has 0 spiro atoms. The second-order valence-corrected chi connectivity index (χ2v) is 7.33. The number of nitrogens with one attached hydrogen (secondary N) is 1. The van der Waals surface area contributed by atoms with Crippen molar-refractivity contribution < 1.29 is 13.2 Å². The lowest BCUT2D eigenvalue weighted by Crippen LogP contribution is -2.29. The highest BCUT2D eigenvalue weighted by Gasteiger charge is 2.17. The Labute approximate surface area is 112 Å². The highest BCUT2D eigenvalue weighted by atomic mass is 32.2. The Morgan fingerprint density at radius 2 is 2.22 bits per heavy atom. The van der Waals surface area contributed by atoms with E-state index in [1.807, 2.05) is 13.0 Å². The van der Waals surface area contributed by atoms with Crippen LogP contribution in [0.25, 0.3) is 0 Å². The Hall–Kier alpha value is -0.470. The number of methoxy groups -OCH3 is 1. The second-order valence-electron chi connectivity index (χ2n) is 4.17. The number of sulfonamides is 1. The van der Waals surface area contributed by atoms with E-state index in [1.54, 1.807) is 13.2 Å². The van der Waals surface area contributed by atoms with Crippen LogP contribution in [0.2, 0.25) is 0 Å². The quantitative estimate of drug-likeness (QED) is 0.743. The minimum absolute atomic E-state index is 0.147. The van der Waals surface area contributed by atoms with Crippen LogP contribution in [0.15, 0.2) is 16.3 Å². The van der Waals surface area contributed by atoms with Crippen LogP contribution in [0.5, 0.6) is 0 Å². The van der Waals surface area contributed by atoms with Gasteiger partial charge in [0.1, 0.15) is 4.21 Å². The molecule has 5 nitrogen and oxygen atoms in total. The van der Waals surface area contributed by atoms with Crippen molar-refractivity contribution in [1.29, 1.82) is 0 Å². The van der Waals surface area contributed by atoms with Gasteiger partial charge in [-0.05, 0) is 31.0 Å². The average Bonchev–Trinajstić information content (AvgIpc) is 2.77. The van der Waals surface area contributed by atoms with E-state index < -0.39 is 10.0 Å². The zero-order valence-corrected chi connectivity index (χ0v) is 12.3. The van der Waals surface area contributed by atoms with Gasteiger partial charge >= 0.3 is 0 Å². The van der Waals surface area contributed by atoms with Gasteiger partial charge in [-0.2, -0.15) is 0 Å². The first-order valence-corrected chi connectivity index (χ1v) is 8.07. The molecule has 0 aliphatic rings. The van der Waals surface area contributed by atoms with E-state index in [0.717, 1.165) is 4.88 Å². The Balaban J connectivity index is 2.62. The lowest BCUT2D eigenvalue weighted by atomic mass is 10.2. The van der Waals surface area contributed by atoms with Gasteiger partial charge in [0.2, 0.25) is 10.0 Å². The number of hydrogen-bond acceptors (Lipinski definition) is 5. The molecule has 7 heteroatoms. The summed E-state index contributed by atoms with van der Waals surface area (Å²) in [5.41, 5.74) is 5.44. The summed E-state index contributed by atoms with van der Waals surface area (Å²) in [6, 6.07) is 3.43. The Bertz CT molecular complexity index is 457. The molecule has 1 aromatic rings. The van der Waals surface area contributed by atoms with Crippen LogP contribution in [0, 0.1) is 5.92 Å². The van der Waals surface area contributed by atoms with Gasteiger partial charge in [-0.1, -0.05) is 6.92 Å². The maximum absolute atomic E-state index is 12.0. The molecule has 1 rings (SSSR count). The summed E-state index contributed by atoms with van der Waals surface area (Å²) >= 11 is 1.27. The highest BCUT2D eigenvalue weighted by molar-refractivity contribution is 7.91. The molecule has 0 amide bonds. The van der Waals surface area contributed by atoms with Crippen LogP contribution in [0.3, 0.4) is 0 Å². The van der Waals surface area contributed by atoms with Gasteiger partial charge in [-0.25, -0.2) is 13.1 Å². The van der Waals surface area contributed by atoms with E-state index >= 15 is 0 Å². The number of hydrogen-bond donors (Lipinski definition) is 2. The molecular weight excluding hydrogens is 272 g/mol. The predicted octanol–water partition coefficient (Wildman–Crippen LogP) is 0.810. The van der Waals surface area contributed by atoms with Crippen LogP contribution in [0.1, 0.15) is 11.8 Å². The van der Waals surface area contributed by atoms with E-state index in [4.69, 9.17) is 10.5 Å². The van der Waals surface area contributed by atoms with Crippen molar-refractivity contribution in [3.05, 3.63) is 17.0 Å². The third kappa shape index (κ3) is 4.66. The summed E-state index contributed by atoms with van der Waals surface area (Å²) in [6.45, 7) is 3.37. The van der Waals surface area contributed by atoms with Crippen molar-refractivity contribution in [1.82, 2.24) is 4.72 Å². The van der Waals surface area contributed by atoms with Crippen molar-refractivity contribution >= 4 is 21.4 Å². The number of nitrogens with two attached hydrogens (primary N) is 1. The Kier molecular flexibility index (Phi) is 6.24. The summed E-state index contributed by atoms with van der Waals surface area (Å²) in [7, 11) is -1.80. The highest BCUT2D eigenvalue weighted by Crippen LogP contribution is 2.21. The number of rotatable bonds is 8. The molecule has 1 unspecified atom stereocenters. The second kappa shape index (κ2) is 7.20. The van der Waals surface area contributed by atoms with Crippen LogP contribution in [0.4, 0.5) is 0 Å². The van der Waals surface area contributed by atoms with Crippen molar-refractivity contribution in [3.63, 3.8) is 0 Å². The first-order valence-electron chi connectivity index (χ1n) is 5.77. The molecule has 0 aliphatic heterocycles. The van der Waals surface area contributed by atoms with Gasteiger partial charge in [0.05, 0.1) is 0 Å². The molecule has 1 heterocycles. The molecule has 0 fully saturated rings. The van der Waals surface area contributed by atoms with Crippen LogP contribution < -0.4 is 10.5 Å². The predicted molar refractivity (Wildman–Crippen MR) is 73.3 cm³/mol. The fourth-order valence-electron chi connectivity index (χ4n) is 1.45. The summed E-state index contributed by atoms with van der Waals surface area (Å²) in [6.07, 6.45) is 0.709. The summed E-state index contributed by atoms with van der Waals surface area (Å²) in [4.78, 5) is 0.989. The van der Waals surface area contributed by atoms with Gasteiger partial charge in [-0.15, -0.1) is 11.3 Å². The molecule has 1 aromatic heterocycles. The average molecular weight is 292 g/mol. The van der Waals surface area contributed by atoms with Gasteiger partial charge in [0.15, 0.2) is 0 Å². The number of ether oxygens (including phenoxy) is 1. The number of thiophene rings is 1. The van der Waals surface area contributed by atoms with Crippen molar-refractivity contribution in [2.24, 2.45) is 11.7 Å². The van der Waals surface area contributed by atoms with E-state index in [1.165, 1.54) is 11.3 Å². The molecule has 0 saturated heterocycles. The van der Waals surface area contributed by atoms with E-state index in [2.05, 4.69) is 4.72 Å². The minimum atomic E-state index is -3.40. The first-order chi connectivity index (χ1) is 8.49. The molecule has 0 aliphatic carbocycles. The third-order valence-corrected chi connectivity index (χ3v) is 5.43. The van der Waals surface area contributed by atoms with Gasteiger partial charge in [0, 0.05) is 25.1 Å². The molecule has 104 valence electrons. The molecule has 0 aromatic carbocycles. The summed E-state index contributed by atoms with van der Waals surface area (Å²) < 4.78 is 31.9. The third-order valence-electron chi connectivity index (χ3n) is 2.37. The smallest absolute Gasteiger partial charge is 0.250 e. The maximum atomic E-state index is 12.0. The first kappa shape index (κ1) is 15.6. The van der Waals surface area contributed by atoms with Crippen LogP contribution in [-0.2, 0) is 21.2 Å². The Morgan fingerprint density at radius 1 is 1.50 bits per heavy atom. The minimum Gasteiger partial charge on any atom is -0.384 e. The standard InChI is InChI=1S/C11H20N2O3S2/c1-9(8-16-2)7-13-18(14,15)11-4-3-10(17-11)5-6-12/h3-4,9,13H,5-8,12H2,1-2H3. The van der Waals surface area contributed by atoms with E-state index in [0.29, 0.717) is 30.3 Å². The summed E-state index contributed by atoms with van der Waals surface area (Å²) in [5.74, 6) is 0.147. The zero-order chi connectivity index (χ0) is 13.6. The molecule has 0 radical (unpaired) electrons. The lowest BCUT2D eigenvalue weighted by molar-refractivity contribution is 0.161. The van der Waals surface area contributed by atoms with Crippen molar-refractivity contribution in [2.75, 3.05) is 26.8 Å². The zero-order valence-electron chi connectivity index (χ0n) is 10.7. The molecule has 0 saturated carbocycles. The normalized spacial score (nSPS) is 13.7. The van der Waals surface area contributed by atoms with E-state index in [-0.39, 0.29) is 5.92 Å². The lowest BCUT2D eigenvalue weighted by Gasteiger charge is -2.10. The maximum Gasteiger partial charge on any atom is 0.250 e. The molecule has 0 bridgehead atoms. The summed E-state index contributed by atoms with van der Waals surface area (Å²) in [5, 5.41) is 0. The molecule has 1 atom stereocenters. The molecular formula is C11H20N2O3S2. The van der Waals surface area contributed by atoms with Gasteiger partial charge in [-0.3, -0.25) is 0 Å². The van der Waals surface area contributed by atoms with Crippen LogP contribution >= 0.6 is 11.3 Å². The fraction of sp³-hybridized carbons (Fsp3) is 0.636. The largest absolute Gasteiger partial charge is 0.384 e. The van der Waals surface area contributed by atoms with Crippen molar-refractivity contribution in [2.45, 2.75) is 17.6 Å². The fourth-order valence-corrected chi connectivity index (χ4v) is 4.03. The Morgan fingerprint density at radius 3 is 2.83 bits per heavy atom. The topological polar surface area (TPSA) is 81.4 Å². The van der Waals surface area contributed by atoms with Crippen LogP contribution in [-0.4, -0.2) is 35.2 Å². The molecule has 3 N–H and O–H groups in total. The van der Waals surface area contributed by atoms with E-state index in [9.17, 15) is 8.42 Å². The molecule has 18 heavy (non-hydrogen) atoms. The van der Waals surface area contributed by atoms with Gasteiger partial charge < -0.3 is 10.5 Å². The van der Waals surface area contributed by atoms with Crippen molar-refractivity contribution in [3.8, 4) is 0 Å². The SMILES string of the molecule is COCC(C)CNS(=O)(=O)c1ccc(CCN)s1. The van der Waals surface area contributed by atoms with Gasteiger partial charge in [0.25, 0.3) is 0 Å².